The van der Waals surface area contributed by atoms with E-state index in [4.69, 9.17) is 11.6 Å². The van der Waals surface area contributed by atoms with Crippen LogP contribution in [0, 0.1) is 5.82 Å². The van der Waals surface area contributed by atoms with E-state index in [1.807, 2.05) is 0 Å². The second-order valence-electron chi connectivity index (χ2n) is 5.08. The van der Waals surface area contributed by atoms with Gasteiger partial charge in [0.05, 0.1) is 15.5 Å². The van der Waals surface area contributed by atoms with Crippen molar-refractivity contribution in [3.05, 3.63) is 28.2 Å². The molecule has 20 heavy (non-hydrogen) atoms. The van der Waals surface area contributed by atoms with Crippen molar-refractivity contribution >= 4 is 38.6 Å². The van der Waals surface area contributed by atoms with E-state index in [0.717, 1.165) is 36.1 Å². The van der Waals surface area contributed by atoms with Gasteiger partial charge >= 0.3 is 0 Å². The van der Waals surface area contributed by atoms with Crippen LogP contribution in [0.1, 0.15) is 45.0 Å². The number of unbranched alkanes of at least 4 members (excludes halogenated alkanes) is 1. The molecule has 0 radical (unpaired) electrons. The first-order chi connectivity index (χ1) is 9.58. The average molecular weight is 362 g/mol. The Hall–Kier alpha value is -0.610. The quantitative estimate of drug-likeness (QED) is 0.624. The van der Waals surface area contributed by atoms with E-state index in [-0.39, 0.29) is 5.82 Å². The Balaban J connectivity index is 2.52. The number of rotatable bonds is 6. The number of hydrogen-bond donors (Lipinski definition) is 0. The van der Waals surface area contributed by atoms with Crippen molar-refractivity contribution in [3.8, 4) is 0 Å². The van der Waals surface area contributed by atoms with Crippen molar-refractivity contribution in [2.24, 2.45) is 0 Å². The predicted octanol–water partition coefficient (Wildman–Crippen LogP) is 5.47. The summed E-state index contributed by atoms with van der Waals surface area (Å²) < 4.78 is 16.4. The van der Waals surface area contributed by atoms with E-state index >= 15 is 0 Å². The number of imidazole rings is 1. The van der Waals surface area contributed by atoms with Crippen LogP contribution in [0.3, 0.4) is 0 Å². The van der Waals surface area contributed by atoms with Crippen molar-refractivity contribution in [2.75, 3.05) is 5.88 Å². The highest BCUT2D eigenvalue weighted by molar-refractivity contribution is 9.10. The molecule has 2 aromatic rings. The summed E-state index contributed by atoms with van der Waals surface area (Å²) in [4.78, 5) is 4.62. The molecule has 0 N–H and O–H groups in total. The van der Waals surface area contributed by atoms with Crippen LogP contribution in [0.15, 0.2) is 16.6 Å². The molecule has 1 heterocycles. The lowest BCUT2D eigenvalue weighted by Gasteiger charge is -2.17. The fourth-order valence-electron chi connectivity index (χ4n) is 2.52. The monoisotopic (exact) mass is 360 g/mol. The van der Waals surface area contributed by atoms with Crippen LogP contribution in [-0.4, -0.2) is 15.4 Å². The second kappa shape index (κ2) is 6.90. The van der Waals surface area contributed by atoms with Gasteiger partial charge in [-0.25, -0.2) is 9.37 Å². The highest BCUT2D eigenvalue weighted by Crippen LogP contribution is 2.28. The Morgan fingerprint density at radius 2 is 2.20 bits per heavy atom. The molecule has 0 amide bonds. The first-order valence-electron chi connectivity index (χ1n) is 7.00. The van der Waals surface area contributed by atoms with Gasteiger partial charge in [-0.2, -0.15) is 0 Å². The van der Waals surface area contributed by atoms with Crippen molar-refractivity contribution in [2.45, 2.75) is 45.6 Å². The zero-order chi connectivity index (χ0) is 14.7. The first kappa shape index (κ1) is 15.8. The Kier molecular flexibility index (Phi) is 5.44. The minimum Gasteiger partial charge on any atom is -0.325 e. The fourth-order valence-corrected chi connectivity index (χ4v) is 3.02. The molecule has 0 aliphatic rings. The molecule has 0 fully saturated rings. The van der Waals surface area contributed by atoms with Crippen LogP contribution in [0.2, 0.25) is 0 Å². The predicted molar refractivity (Wildman–Crippen MR) is 86.1 cm³/mol. The molecule has 0 bridgehead atoms. The maximum atomic E-state index is 13.8. The van der Waals surface area contributed by atoms with E-state index in [1.165, 1.54) is 0 Å². The van der Waals surface area contributed by atoms with Crippen molar-refractivity contribution < 1.29 is 4.39 Å². The Labute approximate surface area is 132 Å². The maximum absolute atomic E-state index is 13.8. The molecule has 5 heteroatoms. The zero-order valence-electron chi connectivity index (χ0n) is 11.8. The molecular formula is C15H19BrClFN2. The topological polar surface area (TPSA) is 17.8 Å². The summed E-state index contributed by atoms with van der Waals surface area (Å²) in [7, 11) is 0. The molecule has 1 aromatic heterocycles. The Bertz CT molecular complexity index is 597. The van der Waals surface area contributed by atoms with Crippen LogP contribution in [-0.2, 0) is 6.42 Å². The lowest BCUT2D eigenvalue weighted by atomic mass is 10.1. The molecule has 1 unspecified atom stereocenters. The standard InChI is InChI=1S/C15H19BrClFN2/c1-3-4-5-10(2)20-14-9-12(18)11(16)8-13(14)19-15(20)6-7-17/h8-10H,3-7H2,1-2H3. The van der Waals surface area contributed by atoms with Crippen molar-refractivity contribution in [1.29, 1.82) is 0 Å². The lowest BCUT2D eigenvalue weighted by Crippen LogP contribution is -2.10. The van der Waals surface area contributed by atoms with Crippen molar-refractivity contribution in [1.82, 2.24) is 9.55 Å². The van der Waals surface area contributed by atoms with Gasteiger partial charge in [-0.3, -0.25) is 0 Å². The van der Waals surface area contributed by atoms with Gasteiger partial charge in [-0.05, 0) is 35.3 Å². The molecule has 2 nitrogen and oxygen atoms in total. The molecule has 0 spiro atoms. The lowest BCUT2D eigenvalue weighted by molar-refractivity contribution is 0.481. The summed E-state index contributed by atoms with van der Waals surface area (Å²) >= 11 is 9.09. The summed E-state index contributed by atoms with van der Waals surface area (Å²) in [5.74, 6) is 1.21. The molecule has 0 saturated heterocycles. The number of benzene rings is 1. The number of nitrogens with zero attached hydrogens (tertiary/aromatic N) is 2. The summed E-state index contributed by atoms with van der Waals surface area (Å²) in [5, 5.41) is 0. The summed E-state index contributed by atoms with van der Waals surface area (Å²) in [6, 6.07) is 3.61. The van der Waals surface area contributed by atoms with E-state index in [1.54, 1.807) is 12.1 Å². The summed E-state index contributed by atoms with van der Waals surface area (Å²) in [6.07, 6.45) is 4.07. The van der Waals surface area contributed by atoms with Gasteiger partial charge in [0.1, 0.15) is 11.6 Å². The summed E-state index contributed by atoms with van der Waals surface area (Å²) in [5.41, 5.74) is 1.68. The number of aromatic nitrogens is 2. The van der Waals surface area contributed by atoms with Crippen LogP contribution in [0.25, 0.3) is 11.0 Å². The SMILES string of the molecule is CCCCC(C)n1c(CCCl)nc2cc(Br)c(F)cc21. The normalized spacial score (nSPS) is 13.1. The molecule has 1 atom stereocenters. The van der Waals surface area contributed by atoms with Crippen LogP contribution >= 0.6 is 27.5 Å². The zero-order valence-corrected chi connectivity index (χ0v) is 14.1. The third kappa shape index (κ3) is 3.17. The van der Waals surface area contributed by atoms with Gasteiger partial charge in [-0.1, -0.05) is 19.8 Å². The highest BCUT2D eigenvalue weighted by Gasteiger charge is 2.17. The first-order valence-corrected chi connectivity index (χ1v) is 8.33. The van der Waals surface area contributed by atoms with E-state index in [2.05, 4.69) is 39.3 Å². The molecule has 2 rings (SSSR count). The van der Waals surface area contributed by atoms with Crippen molar-refractivity contribution in [3.63, 3.8) is 0 Å². The van der Waals surface area contributed by atoms with Gasteiger partial charge in [0.15, 0.2) is 0 Å². The molecule has 0 saturated carbocycles. The summed E-state index contributed by atoms with van der Waals surface area (Å²) in [6.45, 7) is 4.34. The molecule has 1 aromatic carbocycles. The van der Waals surface area contributed by atoms with E-state index in [0.29, 0.717) is 22.8 Å². The average Bonchev–Trinajstić information content (AvgIpc) is 2.74. The number of halogens is 3. The minimum atomic E-state index is -0.251. The number of alkyl halides is 1. The number of hydrogen-bond acceptors (Lipinski definition) is 1. The second-order valence-corrected chi connectivity index (χ2v) is 6.32. The number of fused-ring (bicyclic) bond motifs is 1. The number of aryl methyl sites for hydroxylation is 1. The molecule has 0 aliphatic carbocycles. The van der Waals surface area contributed by atoms with E-state index < -0.39 is 0 Å². The van der Waals surface area contributed by atoms with Gasteiger partial charge < -0.3 is 4.57 Å². The molecule has 0 aliphatic heterocycles. The smallest absolute Gasteiger partial charge is 0.139 e. The van der Waals surface area contributed by atoms with Gasteiger partial charge in [-0.15, -0.1) is 11.6 Å². The molecule has 110 valence electrons. The Morgan fingerprint density at radius 3 is 2.85 bits per heavy atom. The van der Waals surface area contributed by atoms with Gasteiger partial charge in [0.2, 0.25) is 0 Å². The minimum absolute atomic E-state index is 0.251. The largest absolute Gasteiger partial charge is 0.325 e. The fraction of sp³-hybridized carbons (Fsp3) is 0.533. The Morgan fingerprint density at radius 1 is 1.45 bits per heavy atom. The van der Waals surface area contributed by atoms with Crippen LogP contribution in [0.5, 0.6) is 0 Å². The van der Waals surface area contributed by atoms with Crippen LogP contribution in [0.4, 0.5) is 4.39 Å². The maximum Gasteiger partial charge on any atom is 0.139 e. The van der Waals surface area contributed by atoms with Crippen LogP contribution < -0.4 is 0 Å². The van der Waals surface area contributed by atoms with Gasteiger partial charge in [0.25, 0.3) is 0 Å². The highest BCUT2D eigenvalue weighted by atomic mass is 79.9. The van der Waals surface area contributed by atoms with Gasteiger partial charge in [0, 0.05) is 24.4 Å². The third-order valence-corrected chi connectivity index (χ3v) is 4.34. The third-order valence-electron chi connectivity index (χ3n) is 3.54. The molecular weight excluding hydrogens is 343 g/mol. The van der Waals surface area contributed by atoms with E-state index in [9.17, 15) is 4.39 Å².